The number of nitrogens with one attached hydrogen (secondary N) is 2. The monoisotopic (exact) mass is 339 g/mol. The summed E-state index contributed by atoms with van der Waals surface area (Å²) in [7, 11) is 0. The van der Waals surface area contributed by atoms with Crippen LogP contribution in [0.15, 0.2) is 30.3 Å². The normalized spacial score (nSPS) is 18.1. The third-order valence-electron chi connectivity index (χ3n) is 5.42. The zero-order valence-corrected chi connectivity index (χ0v) is 14.5. The van der Waals surface area contributed by atoms with Crippen LogP contribution in [0.25, 0.3) is 0 Å². The van der Waals surface area contributed by atoms with Gasteiger partial charge < -0.3 is 15.2 Å². The summed E-state index contributed by atoms with van der Waals surface area (Å²) in [6.45, 7) is 2.07. The summed E-state index contributed by atoms with van der Waals surface area (Å²) < 4.78 is 2.17. The molecule has 1 aromatic carbocycles. The fourth-order valence-electron chi connectivity index (χ4n) is 3.66. The molecule has 0 saturated heterocycles. The fourth-order valence-corrected chi connectivity index (χ4v) is 3.66. The summed E-state index contributed by atoms with van der Waals surface area (Å²) in [5.74, 6) is 1.91. The van der Waals surface area contributed by atoms with Crippen LogP contribution < -0.4 is 10.6 Å². The molecule has 0 spiro atoms. The number of urea groups is 1. The van der Waals surface area contributed by atoms with Gasteiger partial charge in [-0.25, -0.2) is 4.79 Å². The van der Waals surface area contributed by atoms with Crippen molar-refractivity contribution in [2.75, 3.05) is 6.54 Å². The van der Waals surface area contributed by atoms with Gasteiger partial charge in [0.25, 0.3) is 0 Å². The zero-order valence-electron chi connectivity index (χ0n) is 14.5. The van der Waals surface area contributed by atoms with Crippen LogP contribution in [0.5, 0.6) is 0 Å². The lowest BCUT2D eigenvalue weighted by Crippen LogP contribution is -2.40. The lowest BCUT2D eigenvalue weighted by molar-refractivity contribution is 0.239. The van der Waals surface area contributed by atoms with Gasteiger partial charge in [0.15, 0.2) is 5.82 Å². The zero-order chi connectivity index (χ0) is 17.1. The van der Waals surface area contributed by atoms with E-state index in [1.54, 1.807) is 0 Å². The highest BCUT2D eigenvalue weighted by Crippen LogP contribution is 2.47. The maximum Gasteiger partial charge on any atom is 0.315 e. The first kappa shape index (κ1) is 16.1. The van der Waals surface area contributed by atoms with Crippen molar-refractivity contribution < 1.29 is 4.79 Å². The molecule has 1 aliphatic heterocycles. The summed E-state index contributed by atoms with van der Waals surface area (Å²) in [4.78, 5) is 12.2. The van der Waals surface area contributed by atoms with Gasteiger partial charge in [0.05, 0.1) is 6.54 Å². The molecule has 25 heavy (non-hydrogen) atoms. The van der Waals surface area contributed by atoms with Crippen molar-refractivity contribution in [3.63, 3.8) is 0 Å². The molecule has 1 aliphatic carbocycles. The third-order valence-corrected chi connectivity index (χ3v) is 5.42. The van der Waals surface area contributed by atoms with Crippen molar-refractivity contribution in [3.8, 4) is 0 Å². The number of carbonyl (C=O) groups excluding carboxylic acids is 1. The van der Waals surface area contributed by atoms with Crippen molar-refractivity contribution in [3.05, 3.63) is 47.5 Å². The van der Waals surface area contributed by atoms with E-state index in [4.69, 9.17) is 0 Å². The predicted octanol–water partition coefficient (Wildman–Crippen LogP) is 2.54. The van der Waals surface area contributed by atoms with Crippen molar-refractivity contribution >= 4 is 6.03 Å². The molecule has 4 rings (SSSR count). The molecule has 0 bridgehead atoms. The van der Waals surface area contributed by atoms with Gasteiger partial charge in [-0.2, -0.15) is 0 Å². The molecule has 132 valence electrons. The number of amides is 2. The summed E-state index contributed by atoms with van der Waals surface area (Å²) in [6, 6.07) is 10.3. The highest BCUT2D eigenvalue weighted by atomic mass is 16.2. The molecule has 6 heteroatoms. The topological polar surface area (TPSA) is 71.8 Å². The second kappa shape index (κ2) is 6.86. The Labute approximate surface area is 148 Å². The molecule has 1 fully saturated rings. The number of hydrogen-bond acceptors (Lipinski definition) is 3. The van der Waals surface area contributed by atoms with Gasteiger partial charge in [-0.15, -0.1) is 10.2 Å². The Hall–Kier alpha value is -2.37. The Kier molecular flexibility index (Phi) is 4.42. The largest absolute Gasteiger partial charge is 0.337 e. The molecule has 0 atom stereocenters. The lowest BCUT2D eigenvalue weighted by atomic mass is 9.96. The number of fused-ring (bicyclic) bond motifs is 1. The third kappa shape index (κ3) is 3.52. The van der Waals surface area contributed by atoms with E-state index in [-0.39, 0.29) is 11.4 Å². The Morgan fingerprint density at radius 2 is 1.92 bits per heavy atom. The molecule has 2 aromatic rings. The van der Waals surface area contributed by atoms with Crippen LogP contribution in [0.1, 0.15) is 49.3 Å². The minimum Gasteiger partial charge on any atom is -0.337 e. The second-order valence-electron chi connectivity index (χ2n) is 7.18. The Bertz CT molecular complexity index is 736. The fraction of sp³-hybridized carbons (Fsp3) is 0.526. The molecule has 1 aromatic heterocycles. The molecule has 0 unspecified atom stereocenters. The van der Waals surface area contributed by atoms with Crippen LogP contribution in [-0.2, 0) is 24.9 Å². The number of nitrogens with zero attached hydrogens (tertiary/aromatic N) is 3. The molecule has 2 amide bonds. The Balaban J connectivity index is 1.30. The summed E-state index contributed by atoms with van der Waals surface area (Å²) in [5, 5.41) is 14.5. The minimum atomic E-state index is -0.131. The number of aryl methyl sites for hydroxylation is 1. The van der Waals surface area contributed by atoms with Gasteiger partial charge in [-0.05, 0) is 31.2 Å². The Morgan fingerprint density at radius 3 is 2.72 bits per heavy atom. The van der Waals surface area contributed by atoms with Gasteiger partial charge in [0, 0.05) is 24.9 Å². The summed E-state index contributed by atoms with van der Waals surface area (Å²) in [5.41, 5.74) is 1.45. The van der Waals surface area contributed by atoms with Gasteiger partial charge in [-0.1, -0.05) is 36.8 Å². The molecule has 6 nitrogen and oxygen atoms in total. The van der Waals surface area contributed by atoms with Gasteiger partial charge >= 0.3 is 6.03 Å². The van der Waals surface area contributed by atoms with Gasteiger partial charge in [-0.3, -0.25) is 0 Å². The van der Waals surface area contributed by atoms with Crippen LogP contribution >= 0.6 is 0 Å². The van der Waals surface area contributed by atoms with Gasteiger partial charge in [0.2, 0.25) is 0 Å². The van der Waals surface area contributed by atoms with Crippen molar-refractivity contribution in [1.29, 1.82) is 0 Å². The Morgan fingerprint density at radius 1 is 1.08 bits per heavy atom. The van der Waals surface area contributed by atoms with Crippen molar-refractivity contribution in [1.82, 2.24) is 25.4 Å². The standard InChI is InChI=1S/C19H25N5O/c25-18(21-14-19(10-11-19)15-7-3-1-4-8-15)20-13-17-23-22-16-9-5-2-6-12-24(16)17/h1,3-4,7-8H,2,5-6,9-14H2,(H2,20,21,25). The molecule has 1 saturated carbocycles. The highest BCUT2D eigenvalue weighted by Gasteiger charge is 2.44. The van der Waals surface area contributed by atoms with E-state index in [9.17, 15) is 4.79 Å². The maximum atomic E-state index is 12.2. The molecule has 2 aliphatic rings. The lowest BCUT2D eigenvalue weighted by Gasteiger charge is -2.17. The molecular weight excluding hydrogens is 314 g/mol. The van der Waals surface area contributed by atoms with Gasteiger partial charge in [0.1, 0.15) is 5.82 Å². The quantitative estimate of drug-likeness (QED) is 0.879. The van der Waals surface area contributed by atoms with E-state index in [1.165, 1.54) is 18.4 Å². The first-order valence-corrected chi connectivity index (χ1v) is 9.25. The number of carbonyl (C=O) groups is 1. The van der Waals surface area contributed by atoms with E-state index in [2.05, 4.69) is 49.7 Å². The van der Waals surface area contributed by atoms with Crippen LogP contribution in [0.2, 0.25) is 0 Å². The van der Waals surface area contributed by atoms with E-state index < -0.39 is 0 Å². The second-order valence-corrected chi connectivity index (χ2v) is 7.18. The average Bonchev–Trinajstić information content (AvgIpc) is 3.40. The van der Waals surface area contributed by atoms with E-state index in [0.717, 1.165) is 43.9 Å². The van der Waals surface area contributed by atoms with Crippen LogP contribution in [0.3, 0.4) is 0 Å². The van der Waals surface area contributed by atoms with E-state index in [1.807, 2.05) is 6.07 Å². The van der Waals surface area contributed by atoms with Crippen molar-refractivity contribution in [2.45, 2.75) is 57.0 Å². The predicted molar refractivity (Wildman–Crippen MR) is 95.2 cm³/mol. The number of rotatable bonds is 5. The van der Waals surface area contributed by atoms with Crippen LogP contribution in [0, 0.1) is 0 Å². The number of benzene rings is 1. The minimum absolute atomic E-state index is 0.130. The number of aromatic nitrogens is 3. The van der Waals surface area contributed by atoms with Crippen LogP contribution in [-0.4, -0.2) is 27.3 Å². The molecule has 2 N–H and O–H groups in total. The molecule has 0 radical (unpaired) electrons. The summed E-state index contributed by atoms with van der Waals surface area (Å²) >= 11 is 0. The smallest absolute Gasteiger partial charge is 0.315 e. The molecular formula is C19H25N5O. The van der Waals surface area contributed by atoms with E-state index >= 15 is 0 Å². The maximum absolute atomic E-state index is 12.2. The van der Waals surface area contributed by atoms with Crippen LogP contribution in [0.4, 0.5) is 4.79 Å². The van der Waals surface area contributed by atoms with E-state index in [0.29, 0.717) is 13.1 Å². The molecule has 2 heterocycles. The first-order chi connectivity index (χ1) is 12.3. The van der Waals surface area contributed by atoms with Crippen molar-refractivity contribution in [2.24, 2.45) is 0 Å². The first-order valence-electron chi connectivity index (χ1n) is 9.25. The average molecular weight is 339 g/mol. The number of hydrogen-bond donors (Lipinski definition) is 2. The SMILES string of the molecule is O=C(NCc1nnc2n1CCCCC2)NCC1(c2ccccc2)CC1. The highest BCUT2D eigenvalue weighted by molar-refractivity contribution is 5.74. The summed E-state index contributed by atoms with van der Waals surface area (Å²) in [6.07, 6.45) is 6.82.